The van der Waals surface area contributed by atoms with Crippen molar-refractivity contribution in [3.05, 3.63) is 71.8 Å². The summed E-state index contributed by atoms with van der Waals surface area (Å²) in [4.78, 5) is 32.3. The van der Waals surface area contributed by atoms with Crippen LogP contribution < -0.4 is 5.32 Å². The molecule has 1 unspecified atom stereocenters. The molecular weight excluding hydrogens is 434 g/mol. The van der Waals surface area contributed by atoms with Gasteiger partial charge in [0.2, 0.25) is 11.8 Å². The first kappa shape index (κ1) is 23.0. The van der Waals surface area contributed by atoms with Gasteiger partial charge in [0.1, 0.15) is 5.25 Å². The molecule has 170 valence electrons. The first-order valence-corrected chi connectivity index (χ1v) is 11.7. The Labute approximate surface area is 198 Å². The van der Waals surface area contributed by atoms with Crippen LogP contribution in [0.5, 0.6) is 0 Å². The Bertz CT molecular complexity index is 1220. The van der Waals surface area contributed by atoms with E-state index in [2.05, 4.69) is 5.32 Å². The molecule has 7 heteroatoms. The zero-order chi connectivity index (χ0) is 23.4. The van der Waals surface area contributed by atoms with E-state index in [1.807, 2.05) is 74.5 Å². The van der Waals surface area contributed by atoms with Gasteiger partial charge in [-0.3, -0.25) is 14.5 Å². The molecule has 0 radical (unpaired) electrons. The molecule has 1 saturated heterocycles. The monoisotopic (exact) mass is 461 g/mol. The summed E-state index contributed by atoms with van der Waals surface area (Å²) in [6, 6.07) is 19.7. The molecule has 0 aromatic heterocycles. The topological polar surface area (TPSA) is 71.0 Å². The summed E-state index contributed by atoms with van der Waals surface area (Å²) in [7, 11) is 1.60. The van der Waals surface area contributed by atoms with E-state index in [4.69, 9.17) is 9.73 Å². The summed E-state index contributed by atoms with van der Waals surface area (Å²) >= 11 is 1.34. The summed E-state index contributed by atoms with van der Waals surface area (Å²) in [5, 5.41) is 5.18. The average Bonchev–Trinajstić information content (AvgIpc) is 3.09. The minimum absolute atomic E-state index is 0.0750. The molecule has 0 aliphatic carbocycles. The Morgan fingerprint density at radius 3 is 2.67 bits per heavy atom. The maximum atomic E-state index is 13.1. The fourth-order valence-electron chi connectivity index (χ4n) is 3.72. The van der Waals surface area contributed by atoms with E-state index in [9.17, 15) is 9.59 Å². The van der Waals surface area contributed by atoms with E-state index in [-0.39, 0.29) is 18.2 Å². The van der Waals surface area contributed by atoms with E-state index in [0.29, 0.717) is 18.3 Å². The number of rotatable bonds is 7. The Morgan fingerprint density at radius 1 is 1.09 bits per heavy atom. The summed E-state index contributed by atoms with van der Waals surface area (Å²) < 4.78 is 5.19. The van der Waals surface area contributed by atoms with Crippen LogP contribution in [0.25, 0.3) is 10.8 Å². The number of benzene rings is 3. The highest BCUT2D eigenvalue weighted by molar-refractivity contribution is 8.15. The van der Waals surface area contributed by atoms with Crippen molar-refractivity contribution in [1.82, 2.24) is 4.90 Å². The summed E-state index contributed by atoms with van der Waals surface area (Å²) in [6.45, 7) is 4.85. The predicted octanol–water partition coefficient (Wildman–Crippen LogP) is 5.06. The van der Waals surface area contributed by atoms with Crippen molar-refractivity contribution in [2.45, 2.75) is 25.5 Å². The molecule has 3 aromatic carbocycles. The van der Waals surface area contributed by atoms with E-state index in [0.717, 1.165) is 33.3 Å². The lowest BCUT2D eigenvalue weighted by molar-refractivity contribution is -0.128. The summed E-state index contributed by atoms with van der Waals surface area (Å²) in [5.74, 6) is -0.314. The standard InChI is InChI=1S/C26H27N3O3S/c1-17-7-6-10-22(18(17)2)28-26-29(13-14-32-3)25(31)23(33-26)16-24(30)27-21-12-11-19-8-4-5-9-20(19)15-21/h4-12,15,23H,13-14,16H2,1-3H3,(H,27,30). The van der Waals surface area contributed by atoms with Crippen LogP contribution in [0.15, 0.2) is 65.7 Å². The zero-order valence-electron chi connectivity index (χ0n) is 19.0. The second-order valence-electron chi connectivity index (χ2n) is 8.02. The molecule has 1 fully saturated rings. The van der Waals surface area contributed by atoms with Gasteiger partial charge in [0.25, 0.3) is 0 Å². The normalized spacial score (nSPS) is 17.2. The number of carbonyl (C=O) groups excluding carboxylic acids is 2. The van der Waals surface area contributed by atoms with Crippen LogP contribution in [0.4, 0.5) is 11.4 Å². The molecule has 1 heterocycles. The van der Waals surface area contributed by atoms with Gasteiger partial charge >= 0.3 is 0 Å². The molecule has 6 nitrogen and oxygen atoms in total. The van der Waals surface area contributed by atoms with Gasteiger partial charge in [-0.25, -0.2) is 4.99 Å². The highest BCUT2D eigenvalue weighted by Crippen LogP contribution is 2.33. The van der Waals surface area contributed by atoms with Gasteiger partial charge in [-0.2, -0.15) is 0 Å². The lowest BCUT2D eigenvalue weighted by atomic mass is 10.1. The second-order valence-corrected chi connectivity index (χ2v) is 9.19. The van der Waals surface area contributed by atoms with E-state index < -0.39 is 5.25 Å². The SMILES string of the molecule is COCCN1C(=O)C(CC(=O)Nc2ccc3ccccc3c2)SC1=Nc1cccc(C)c1C. The molecule has 1 aliphatic rings. The Kier molecular flexibility index (Phi) is 7.11. The minimum atomic E-state index is -0.522. The Balaban J connectivity index is 1.50. The van der Waals surface area contributed by atoms with Crippen molar-refractivity contribution >= 4 is 50.9 Å². The number of aryl methyl sites for hydroxylation is 1. The van der Waals surface area contributed by atoms with Gasteiger partial charge < -0.3 is 10.1 Å². The number of nitrogens with zero attached hydrogens (tertiary/aromatic N) is 2. The van der Waals surface area contributed by atoms with E-state index in [1.165, 1.54) is 11.8 Å². The number of hydrogen-bond acceptors (Lipinski definition) is 5. The molecule has 1 N–H and O–H groups in total. The number of carbonyl (C=O) groups is 2. The summed E-state index contributed by atoms with van der Waals surface area (Å²) in [5.41, 5.74) is 3.76. The number of fused-ring (bicyclic) bond motifs is 1. The van der Waals surface area contributed by atoms with Crippen LogP contribution in [0.1, 0.15) is 17.5 Å². The van der Waals surface area contributed by atoms with Crippen LogP contribution in [-0.4, -0.2) is 47.4 Å². The van der Waals surface area contributed by atoms with E-state index >= 15 is 0 Å². The fourth-order valence-corrected chi connectivity index (χ4v) is 4.90. The maximum absolute atomic E-state index is 13.1. The van der Waals surface area contributed by atoms with Crippen LogP contribution in [-0.2, 0) is 14.3 Å². The van der Waals surface area contributed by atoms with Crippen LogP contribution in [0, 0.1) is 13.8 Å². The third-order valence-corrected chi connectivity index (χ3v) is 6.91. The molecule has 33 heavy (non-hydrogen) atoms. The minimum Gasteiger partial charge on any atom is -0.383 e. The second kappa shape index (κ2) is 10.2. The first-order chi connectivity index (χ1) is 16.0. The molecule has 4 rings (SSSR count). The average molecular weight is 462 g/mol. The molecule has 2 amide bonds. The van der Waals surface area contributed by atoms with Crippen molar-refractivity contribution in [3.63, 3.8) is 0 Å². The number of hydrogen-bond donors (Lipinski definition) is 1. The van der Waals surface area contributed by atoms with Gasteiger partial charge in [0.05, 0.1) is 18.8 Å². The van der Waals surface area contributed by atoms with Crippen LogP contribution in [0.3, 0.4) is 0 Å². The molecular formula is C26H27N3O3S. The number of ether oxygens (including phenoxy) is 1. The third-order valence-electron chi connectivity index (χ3n) is 5.74. The molecule has 1 atom stereocenters. The highest BCUT2D eigenvalue weighted by Gasteiger charge is 2.39. The first-order valence-electron chi connectivity index (χ1n) is 10.9. The predicted molar refractivity (Wildman–Crippen MR) is 135 cm³/mol. The number of methoxy groups -OCH3 is 1. The van der Waals surface area contributed by atoms with E-state index in [1.54, 1.807) is 12.0 Å². The number of amidine groups is 1. The lowest BCUT2D eigenvalue weighted by Gasteiger charge is -2.16. The molecule has 1 aliphatic heterocycles. The number of amides is 2. The van der Waals surface area contributed by atoms with Crippen molar-refractivity contribution in [2.24, 2.45) is 4.99 Å². The van der Waals surface area contributed by atoms with Gasteiger partial charge in [-0.05, 0) is 53.9 Å². The van der Waals surface area contributed by atoms with Crippen LogP contribution >= 0.6 is 11.8 Å². The number of aliphatic imine (C=N–C) groups is 1. The molecule has 0 spiro atoms. The highest BCUT2D eigenvalue weighted by atomic mass is 32.2. The lowest BCUT2D eigenvalue weighted by Crippen LogP contribution is -2.35. The van der Waals surface area contributed by atoms with Crippen LogP contribution in [0.2, 0.25) is 0 Å². The zero-order valence-corrected chi connectivity index (χ0v) is 19.8. The van der Waals surface area contributed by atoms with Gasteiger partial charge in [-0.1, -0.05) is 54.2 Å². The fraction of sp³-hybridized carbons (Fsp3) is 0.269. The molecule has 0 saturated carbocycles. The maximum Gasteiger partial charge on any atom is 0.242 e. The van der Waals surface area contributed by atoms with Crippen molar-refractivity contribution < 1.29 is 14.3 Å². The number of thioether (sulfide) groups is 1. The quantitative estimate of drug-likeness (QED) is 0.534. The van der Waals surface area contributed by atoms with Gasteiger partial charge in [0, 0.05) is 19.2 Å². The van der Waals surface area contributed by atoms with Crippen molar-refractivity contribution in [2.75, 3.05) is 25.6 Å². The van der Waals surface area contributed by atoms with Crippen molar-refractivity contribution in [1.29, 1.82) is 0 Å². The number of anilines is 1. The summed E-state index contributed by atoms with van der Waals surface area (Å²) in [6.07, 6.45) is 0.0750. The smallest absolute Gasteiger partial charge is 0.242 e. The largest absolute Gasteiger partial charge is 0.383 e. The molecule has 0 bridgehead atoms. The van der Waals surface area contributed by atoms with Gasteiger partial charge in [-0.15, -0.1) is 0 Å². The van der Waals surface area contributed by atoms with Gasteiger partial charge in [0.15, 0.2) is 5.17 Å². The third kappa shape index (κ3) is 5.26. The van der Waals surface area contributed by atoms with Crippen molar-refractivity contribution in [3.8, 4) is 0 Å². The Hall–Kier alpha value is -3.16. The number of nitrogens with one attached hydrogen (secondary N) is 1. The molecule has 3 aromatic rings. The Morgan fingerprint density at radius 2 is 1.88 bits per heavy atom.